The third kappa shape index (κ3) is 3.28. The Kier molecular flexibility index (Phi) is 4.89. The fraction of sp³-hybridized carbons (Fsp3) is 0.333. The molecule has 5 heteroatoms. The molecular weight excluding hydrogens is 294 g/mol. The Labute approximate surface area is 135 Å². The standard InChI is InChI=1S/C18H21NO4/c1-10-7-6-8-15(11(10)2)23-9-14(20)17-12(3)16(13(4)19-17)18(21)22-5/h6-8,19H,9H2,1-5H3. The summed E-state index contributed by atoms with van der Waals surface area (Å²) in [7, 11) is 1.32. The second-order valence-electron chi connectivity index (χ2n) is 5.53. The van der Waals surface area contributed by atoms with Gasteiger partial charge in [-0.2, -0.15) is 0 Å². The van der Waals surface area contributed by atoms with Gasteiger partial charge in [0.15, 0.2) is 6.61 Å². The average molecular weight is 315 g/mol. The van der Waals surface area contributed by atoms with Crippen LogP contribution in [0.3, 0.4) is 0 Å². The number of benzene rings is 1. The minimum absolute atomic E-state index is 0.0916. The molecule has 0 aliphatic rings. The molecule has 0 fully saturated rings. The maximum Gasteiger partial charge on any atom is 0.339 e. The van der Waals surface area contributed by atoms with Crippen LogP contribution in [0, 0.1) is 27.7 Å². The summed E-state index contributed by atoms with van der Waals surface area (Å²) in [6.45, 7) is 7.31. The zero-order chi connectivity index (χ0) is 17.1. The van der Waals surface area contributed by atoms with Crippen molar-refractivity contribution in [3.05, 3.63) is 51.8 Å². The smallest absolute Gasteiger partial charge is 0.339 e. The minimum atomic E-state index is -0.453. The molecule has 1 heterocycles. The van der Waals surface area contributed by atoms with Crippen molar-refractivity contribution in [2.75, 3.05) is 13.7 Å². The Morgan fingerprint density at radius 1 is 1.09 bits per heavy atom. The molecule has 0 bridgehead atoms. The molecule has 23 heavy (non-hydrogen) atoms. The number of ketones is 1. The van der Waals surface area contributed by atoms with Crippen molar-refractivity contribution in [1.29, 1.82) is 0 Å². The van der Waals surface area contributed by atoms with Crippen LogP contribution in [-0.4, -0.2) is 30.5 Å². The fourth-order valence-electron chi connectivity index (χ4n) is 2.53. The number of H-pyrrole nitrogens is 1. The van der Waals surface area contributed by atoms with E-state index in [-0.39, 0.29) is 12.4 Å². The molecule has 1 N–H and O–H groups in total. The molecule has 2 rings (SSSR count). The van der Waals surface area contributed by atoms with Gasteiger partial charge in [-0.1, -0.05) is 12.1 Å². The summed E-state index contributed by atoms with van der Waals surface area (Å²) in [5, 5.41) is 0. The number of carbonyl (C=O) groups is 2. The van der Waals surface area contributed by atoms with Gasteiger partial charge < -0.3 is 14.5 Å². The van der Waals surface area contributed by atoms with Crippen molar-refractivity contribution in [2.24, 2.45) is 0 Å². The molecule has 0 atom stereocenters. The second-order valence-corrected chi connectivity index (χ2v) is 5.53. The van der Waals surface area contributed by atoms with E-state index in [4.69, 9.17) is 9.47 Å². The highest BCUT2D eigenvalue weighted by molar-refractivity contribution is 6.02. The fourth-order valence-corrected chi connectivity index (χ4v) is 2.53. The van der Waals surface area contributed by atoms with Gasteiger partial charge in [0, 0.05) is 5.69 Å². The average Bonchev–Trinajstić information content (AvgIpc) is 2.82. The van der Waals surface area contributed by atoms with Crippen LogP contribution in [-0.2, 0) is 4.74 Å². The van der Waals surface area contributed by atoms with Gasteiger partial charge in [0.1, 0.15) is 5.75 Å². The molecule has 0 amide bonds. The van der Waals surface area contributed by atoms with Gasteiger partial charge in [0.05, 0.1) is 18.4 Å². The molecule has 1 aromatic carbocycles. The molecule has 1 aromatic heterocycles. The quantitative estimate of drug-likeness (QED) is 0.679. The molecule has 122 valence electrons. The van der Waals surface area contributed by atoms with E-state index in [1.807, 2.05) is 32.0 Å². The first-order chi connectivity index (χ1) is 10.9. The third-order valence-electron chi connectivity index (χ3n) is 4.02. The Balaban J connectivity index is 2.19. The van der Waals surface area contributed by atoms with E-state index < -0.39 is 5.97 Å². The van der Waals surface area contributed by atoms with Crippen LogP contribution in [0.15, 0.2) is 18.2 Å². The number of hydrogen-bond acceptors (Lipinski definition) is 4. The third-order valence-corrected chi connectivity index (χ3v) is 4.02. The highest BCUT2D eigenvalue weighted by Crippen LogP contribution is 2.22. The van der Waals surface area contributed by atoms with Gasteiger partial charge in [-0.15, -0.1) is 0 Å². The lowest BCUT2D eigenvalue weighted by molar-refractivity contribution is 0.0599. The van der Waals surface area contributed by atoms with Crippen LogP contribution in [0.2, 0.25) is 0 Å². The van der Waals surface area contributed by atoms with E-state index in [0.717, 1.165) is 11.1 Å². The predicted molar refractivity (Wildman–Crippen MR) is 87.3 cm³/mol. The molecule has 2 aromatic rings. The monoisotopic (exact) mass is 315 g/mol. The zero-order valence-electron chi connectivity index (χ0n) is 14.1. The van der Waals surface area contributed by atoms with Gasteiger partial charge in [0.25, 0.3) is 0 Å². The Bertz CT molecular complexity index is 759. The summed E-state index contributed by atoms with van der Waals surface area (Å²) < 4.78 is 10.4. The Morgan fingerprint density at radius 3 is 2.43 bits per heavy atom. The first kappa shape index (κ1) is 16.8. The van der Waals surface area contributed by atoms with Gasteiger partial charge in [-0.05, 0) is 50.5 Å². The topological polar surface area (TPSA) is 68.4 Å². The lowest BCUT2D eigenvalue weighted by Crippen LogP contribution is -2.14. The zero-order valence-corrected chi connectivity index (χ0v) is 14.1. The van der Waals surface area contributed by atoms with E-state index in [2.05, 4.69) is 4.98 Å². The van der Waals surface area contributed by atoms with Crippen molar-refractivity contribution in [3.8, 4) is 5.75 Å². The summed E-state index contributed by atoms with van der Waals surface area (Å²) in [6.07, 6.45) is 0. The molecule has 0 radical (unpaired) electrons. The highest BCUT2D eigenvalue weighted by Gasteiger charge is 2.22. The molecule has 0 spiro atoms. The SMILES string of the molecule is COC(=O)c1c(C)[nH]c(C(=O)COc2cccc(C)c2C)c1C. The molecule has 0 saturated carbocycles. The van der Waals surface area contributed by atoms with Crippen LogP contribution in [0.5, 0.6) is 5.75 Å². The lowest BCUT2D eigenvalue weighted by atomic mass is 10.1. The summed E-state index contributed by atoms with van der Waals surface area (Å²) in [5.41, 5.74) is 4.11. The molecule has 0 saturated heterocycles. The van der Waals surface area contributed by atoms with Crippen molar-refractivity contribution in [1.82, 2.24) is 4.98 Å². The van der Waals surface area contributed by atoms with Crippen LogP contribution in [0.25, 0.3) is 0 Å². The van der Waals surface area contributed by atoms with E-state index in [9.17, 15) is 9.59 Å². The number of carbonyl (C=O) groups excluding carboxylic acids is 2. The number of hydrogen-bond donors (Lipinski definition) is 1. The van der Waals surface area contributed by atoms with Crippen molar-refractivity contribution >= 4 is 11.8 Å². The van der Waals surface area contributed by atoms with Crippen LogP contribution < -0.4 is 4.74 Å². The number of esters is 1. The van der Waals surface area contributed by atoms with Crippen molar-refractivity contribution in [3.63, 3.8) is 0 Å². The molecule has 0 aliphatic heterocycles. The molecular formula is C18H21NO4. The van der Waals surface area contributed by atoms with Gasteiger partial charge >= 0.3 is 5.97 Å². The Morgan fingerprint density at radius 2 is 1.78 bits per heavy atom. The van der Waals surface area contributed by atoms with Gasteiger partial charge in [0.2, 0.25) is 5.78 Å². The van der Waals surface area contributed by atoms with Crippen molar-refractivity contribution in [2.45, 2.75) is 27.7 Å². The molecule has 0 aliphatic carbocycles. The van der Waals surface area contributed by atoms with E-state index in [1.54, 1.807) is 13.8 Å². The van der Waals surface area contributed by atoms with E-state index >= 15 is 0 Å². The van der Waals surface area contributed by atoms with E-state index in [0.29, 0.717) is 28.3 Å². The van der Waals surface area contributed by atoms with Crippen LogP contribution in [0.1, 0.15) is 43.2 Å². The number of aromatic amines is 1. The first-order valence-corrected chi connectivity index (χ1v) is 7.36. The maximum absolute atomic E-state index is 12.4. The van der Waals surface area contributed by atoms with Crippen LogP contribution >= 0.6 is 0 Å². The summed E-state index contributed by atoms with van der Waals surface area (Å²) in [4.78, 5) is 27.1. The number of rotatable bonds is 5. The maximum atomic E-state index is 12.4. The molecule has 0 unspecified atom stereocenters. The normalized spacial score (nSPS) is 10.5. The number of aromatic nitrogens is 1. The minimum Gasteiger partial charge on any atom is -0.485 e. The predicted octanol–water partition coefficient (Wildman–Crippen LogP) is 3.30. The van der Waals surface area contributed by atoms with Crippen molar-refractivity contribution < 1.29 is 19.1 Å². The summed E-state index contributed by atoms with van der Waals surface area (Å²) in [6, 6.07) is 5.72. The number of methoxy groups -OCH3 is 1. The first-order valence-electron chi connectivity index (χ1n) is 7.36. The van der Waals surface area contributed by atoms with Gasteiger partial charge in [-0.3, -0.25) is 4.79 Å². The largest absolute Gasteiger partial charge is 0.485 e. The lowest BCUT2D eigenvalue weighted by Gasteiger charge is -2.10. The Hall–Kier alpha value is -2.56. The van der Waals surface area contributed by atoms with Crippen LogP contribution in [0.4, 0.5) is 0 Å². The number of aryl methyl sites for hydroxylation is 2. The number of nitrogens with one attached hydrogen (secondary N) is 1. The van der Waals surface area contributed by atoms with E-state index in [1.165, 1.54) is 7.11 Å². The number of Topliss-reactive ketones (excluding diaryl/α,β-unsaturated/α-hetero) is 1. The summed E-state index contributed by atoms with van der Waals surface area (Å²) in [5.74, 6) is 0.0277. The second kappa shape index (κ2) is 6.69. The highest BCUT2D eigenvalue weighted by atomic mass is 16.5. The number of ether oxygens (including phenoxy) is 2. The van der Waals surface area contributed by atoms with Gasteiger partial charge in [-0.25, -0.2) is 4.79 Å². The summed E-state index contributed by atoms with van der Waals surface area (Å²) >= 11 is 0. The molecule has 5 nitrogen and oxygen atoms in total.